The molecule has 0 bridgehead atoms. The van der Waals surface area contributed by atoms with Crippen LogP contribution < -0.4 is 4.90 Å². The lowest BCUT2D eigenvalue weighted by Crippen LogP contribution is -2.13. The van der Waals surface area contributed by atoms with Crippen LogP contribution in [-0.2, 0) is 28.9 Å². The van der Waals surface area contributed by atoms with Crippen LogP contribution in [0.1, 0.15) is 17.0 Å². The molecule has 0 aliphatic carbocycles. The van der Waals surface area contributed by atoms with Gasteiger partial charge in [0.25, 0.3) is 0 Å². The van der Waals surface area contributed by atoms with Crippen LogP contribution >= 0.6 is 0 Å². The molecular weight excluding hydrogens is 266 g/mol. The number of ether oxygens (including phenoxy) is 1. The van der Waals surface area contributed by atoms with Crippen LogP contribution in [0.2, 0.25) is 0 Å². The standard InChI is InChI=1S/C16H19N3O2/c1-18-7-5-13-9-12(3-4-14(13)18)10-15-17-6-8-19(15)11-16(20)21-2/h3-4,6,8-9H,5,7,10-11H2,1-2H3. The van der Waals surface area contributed by atoms with Crippen molar-refractivity contribution in [2.45, 2.75) is 19.4 Å². The number of imidazole rings is 1. The van der Waals surface area contributed by atoms with E-state index in [4.69, 9.17) is 4.74 Å². The zero-order valence-electron chi connectivity index (χ0n) is 12.4. The van der Waals surface area contributed by atoms with Gasteiger partial charge < -0.3 is 14.2 Å². The number of carbonyl (C=O) groups excluding carboxylic acids is 1. The third-order valence-corrected chi connectivity index (χ3v) is 3.96. The fourth-order valence-electron chi connectivity index (χ4n) is 2.77. The van der Waals surface area contributed by atoms with E-state index in [1.54, 1.807) is 6.20 Å². The van der Waals surface area contributed by atoms with Crippen molar-refractivity contribution < 1.29 is 9.53 Å². The molecule has 2 heterocycles. The smallest absolute Gasteiger partial charge is 0.325 e. The Hall–Kier alpha value is -2.30. The fraction of sp³-hybridized carbons (Fsp3) is 0.375. The maximum atomic E-state index is 11.4. The lowest BCUT2D eigenvalue weighted by molar-refractivity contribution is -0.141. The summed E-state index contributed by atoms with van der Waals surface area (Å²) in [5.74, 6) is 0.622. The molecule has 0 amide bonds. The van der Waals surface area contributed by atoms with E-state index in [1.165, 1.54) is 23.9 Å². The molecule has 21 heavy (non-hydrogen) atoms. The van der Waals surface area contributed by atoms with Crippen molar-refractivity contribution in [1.29, 1.82) is 0 Å². The molecular formula is C16H19N3O2. The second-order valence-electron chi connectivity index (χ2n) is 5.36. The van der Waals surface area contributed by atoms with E-state index in [2.05, 4.69) is 35.1 Å². The molecule has 0 spiro atoms. The highest BCUT2D eigenvalue weighted by atomic mass is 16.5. The Morgan fingerprint density at radius 3 is 3.10 bits per heavy atom. The molecule has 0 N–H and O–H groups in total. The van der Waals surface area contributed by atoms with Gasteiger partial charge >= 0.3 is 5.97 Å². The van der Waals surface area contributed by atoms with Crippen molar-refractivity contribution in [3.05, 3.63) is 47.5 Å². The Morgan fingerprint density at radius 2 is 2.29 bits per heavy atom. The summed E-state index contributed by atoms with van der Waals surface area (Å²) in [5, 5.41) is 0. The van der Waals surface area contributed by atoms with Gasteiger partial charge in [-0.05, 0) is 23.6 Å². The number of methoxy groups -OCH3 is 1. The van der Waals surface area contributed by atoms with E-state index in [-0.39, 0.29) is 12.5 Å². The maximum Gasteiger partial charge on any atom is 0.325 e. The van der Waals surface area contributed by atoms with Gasteiger partial charge in [-0.1, -0.05) is 12.1 Å². The summed E-state index contributed by atoms with van der Waals surface area (Å²) < 4.78 is 6.55. The van der Waals surface area contributed by atoms with Gasteiger partial charge in [0.15, 0.2) is 0 Å². The average Bonchev–Trinajstić information content (AvgIpc) is 3.06. The van der Waals surface area contributed by atoms with Gasteiger partial charge in [-0.3, -0.25) is 4.79 Å². The Bertz CT molecular complexity index is 663. The van der Waals surface area contributed by atoms with E-state index in [9.17, 15) is 4.79 Å². The number of rotatable bonds is 4. The summed E-state index contributed by atoms with van der Waals surface area (Å²) in [6.45, 7) is 1.29. The van der Waals surface area contributed by atoms with Crippen LogP contribution in [0.15, 0.2) is 30.6 Å². The SMILES string of the molecule is COC(=O)Cn1ccnc1Cc1ccc2c(c1)CCN2C. The predicted octanol–water partition coefficient (Wildman–Crippen LogP) is 1.64. The van der Waals surface area contributed by atoms with E-state index in [0.29, 0.717) is 0 Å². The minimum absolute atomic E-state index is 0.208. The highest BCUT2D eigenvalue weighted by molar-refractivity contribution is 5.69. The molecule has 1 aromatic carbocycles. The molecule has 5 nitrogen and oxygen atoms in total. The number of esters is 1. The average molecular weight is 285 g/mol. The largest absolute Gasteiger partial charge is 0.468 e. The van der Waals surface area contributed by atoms with Gasteiger partial charge in [0.05, 0.1) is 7.11 Å². The van der Waals surface area contributed by atoms with Crippen LogP contribution in [-0.4, -0.2) is 36.2 Å². The summed E-state index contributed by atoms with van der Waals surface area (Å²) in [6.07, 6.45) is 5.35. The van der Waals surface area contributed by atoms with Crippen molar-refractivity contribution in [3.63, 3.8) is 0 Å². The number of likely N-dealkylation sites (N-methyl/N-ethyl adjacent to an activating group) is 1. The first-order chi connectivity index (χ1) is 10.2. The number of hydrogen-bond acceptors (Lipinski definition) is 4. The van der Waals surface area contributed by atoms with Crippen LogP contribution in [0.3, 0.4) is 0 Å². The minimum Gasteiger partial charge on any atom is -0.468 e. The number of anilines is 1. The topological polar surface area (TPSA) is 47.4 Å². The predicted molar refractivity (Wildman–Crippen MR) is 80.5 cm³/mol. The summed E-state index contributed by atoms with van der Waals surface area (Å²) in [6, 6.07) is 6.55. The molecule has 5 heteroatoms. The maximum absolute atomic E-state index is 11.4. The van der Waals surface area contributed by atoms with Gasteiger partial charge in [0.2, 0.25) is 0 Å². The highest BCUT2D eigenvalue weighted by Gasteiger charge is 2.16. The Labute approximate surface area is 124 Å². The first kappa shape index (κ1) is 13.7. The van der Waals surface area contributed by atoms with Crippen LogP contribution in [0.25, 0.3) is 0 Å². The first-order valence-electron chi connectivity index (χ1n) is 7.07. The van der Waals surface area contributed by atoms with Gasteiger partial charge in [-0.25, -0.2) is 4.98 Å². The molecule has 110 valence electrons. The number of carbonyl (C=O) groups is 1. The fourth-order valence-corrected chi connectivity index (χ4v) is 2.77. The molecule has 0 radical (unpaired) electrons. The summed E-state index contributed by atoms with van der Waals surface area (Å²) in [4.78, 5) is 18.0. The Morgan fingerprint density at radius 1 is 1.43 bits per heavy atom. The Balaban J connectivity index is 1.78. The quantitative estimate of drug-likeness (QED) is 0.801. The van der Waals surface area contributed by atoms with E-state index in [0.717, 1.165) is 25.2 Å². The second kappa shape index (κ2) is 5.60. The summed E-state index contributed by atoms with van der Waals surface area (Å²) in [5.41, 5.74) is 3.93. The number of fused-ring (bicyclic) bond motifs is 1. The van der Waals surface area contributed by atoms with E-state index < -0.39 is 0 Å². The van der Waals surface area contributed by atoms with Crippen molar-refractivity contribution in [3.8, 4) is 0 Å². The monoisotopic (exact) mass is 285 g/mol. The highest BCUT2D eigenvalue weighted by Crippen LogP contribution is 2.27. The molecule has 0 atom stereocenters. The molecule has 0 saturated carbocycles. The molecule has 1 aliphatic heterocycles. The molecule has 0 fully saturated rings. The lowest BCUT2D eigenvalue weighted by atomic mass is 10.1. The van der Waals surface area contributed by atoms with Crippen LogP contribution in [0.4, 0.5) is 5.69 Å². The number of nitrogens with zero attached hydrogens (tertiary/aromatic N) is 3. The molecule has 0 unspecified atom stereocenters. The third-order valence-electron chi connectivity index (χ3n) is 3.96. The Kier molecular flexibility index (Phi) is 3.64. The zero-order chi connectivity index (χ0) is 14.8. The molecule has 3 rings (SSSR count). The summed E-state index contributed by atoms with van der Waals surface area (Å²) >= 11 is 0. The van der Waals surface area contributed by atoms with Crippen molar-refractivity contribution in [2.24, 2.45) is 0 Å². The van der Waals surface area contributed by atoms with Crippen molar-refractivity contribution in [2.75, 3.05) is 25.6 Å². The van der Waals surface area contributed by atoms with E-state index in [1.807, 2.05) is 10.8 Å². The second-order valence-corrected chi connectivity index (χ2v) is 5.36. The lowest BCUT2D eigenvalue weighted by Gasteiger charge is -2.12. The first-order valence-corrected chi connectivity index (χ1v) is 7.07. The van der Waals surface area contributed by atoms with Crippen molar-refractivity contribution in [1.82, 2.24) is 9.55 Å². The van der Waals surface area contributed by atoms with Crippen LogP contribution in [0.5, 0.6) is 0 Å². The number of benzene rings is 1. The van der Waals surface area contributed by atoms with Gasteiger partial charge in [-0.2, -0.15) is 0 Å². The van der Waals surface area contributed by atoms with E-state index >= 15 is 0 Å². The number of aromatic nitrogens is 2. The van der Waals surface area contributed by atoms with Gasteiger partial charge in [0, 0.05) is 38.1 Å². The minimum atomic E-state index is -0.259. The number of hydrogen-bond donors (Lipinski definition) is 0. The molecule has 2 aromatic rings. The normalized spacial score (nSPS) is 13.3. The molecule has 1 aromatic heterocycles. The van der Waals surface area contributed by atoms with Crippen molar-refractivity contribution >= 4 is 11.7 Å². The molecule has 1 aliphatic rings. The summed E-state index contributed by atoms with van der Waals surface area (Å²) in [7, 11) is 3.52. The van der Waals surface area contributed by atoms with Gasteiger partial charge in [-0.15, -0.1) is 0 Å². The van der Waals surface area contributed by atoms with Gasteiger partial charge in [0.1, 0.15) is 12.4 Å². The van der Waals surface area contributed by atoms with Crippen LogP contribution in [0, 0.1) is 0 Å². The zero-order valence-corrected chi connectivity index (χ0v) is 12.4. The third kappa shape index (κ3) is 2.77. The molecule has 0 saturated heterocycles.